The zero-order valence-corrected chi connectivity index (χ0v) is 45.0. The molecule has 6 heteroatoms. The number of hydrogen-bond acceptors (Lipinski definition) is 5. The van der Waals surface area contributed by atoms with Gasteiger partial charge in [0.25, 0.3) is 0 Å². The number of ether oxygens (including phenoxy) is 1. The van der Waals surface area contributed by atoms with Crippen LogP contribution in [0.1, 0.15) is 348 Å². The van der Waals surface area contributed by atoms with Gasteiger partial charge in [-0.1, -0.05) is 309 Å². The molecule has 66 heavy (non-hydrogen) atoms. The molecule has 0 aromatic heterocycles. The molecular formula is C60H119NO5. The predicted molar refractivity (Wildman–Crippen MR) is 287 cm³/mol. The Morgan fingerprint density at radius 3 is 0.924 bits per heavy atom. The molecular weight excluding hydrogens is 815 g/mol. The van der Waals surface area contributed by atoms with E-state index < -0.39 is 12.1 Å². The number of nitrogens with one attached hydrogen (secondary N) is 1. The maximum absolute atomic E-state index is 12.5. The van der Waals surface area contributed by atoms with E-state index in [-0.39, 0.29) is 18.5 Å². The highest BCUT2D eigenvalue weighted by atomic mass is 16.5. The Morgan fingerprint density at radius 1 is 0.364 bits per heavy atom. The lowest BCUT2D eigenvalue weighted by Gasteiger charge is -2.22. The third-order valence-corrected chi connectivity index (χ3v) is 14.4. The van der Waals surface area contributed by atoms with Crippen LogP contribution in [-0.4, -0.2) is 47.4 Å². The minimum atomic E-state index is -0.676. The summed E-state index contributed by atoms with van der Waals surface area (Å²) >= 11 is 0. The first-order valence-electron chi connectivity index (χ1n) is 30.3. The van der Waals surface area contributed by atoms with Crippen molar-refractivity contribution in [3.8, 4) is 0 Å². The molecule has 0 radical (unpaired) electrons. The highest BCUT2D eigenvalue weighted by molar-refractivity contribution is 5.76. The van der Waals surface area contributed by atoms with E-state index in [1.807, 2.05) is 0 Å². The molecule has 0 bridgehead atoms. The van der Waals surface area contributed by atoms with Crippen LogP contribution in [0.15, 0.2) is 0 Å². The molecule has 0 aliphatic heterocycles. The molecule has 0 heterocycles. The number of hydrogen-bond donors (Lipinski definition) is 3. The van der Waals surface area contributed by atoms with Crippen LogP contribution in [0.4, 0.5) is 0 Å². The standard InChI is InChI=1S/C60H119NO5/c1-3-5-7-9-11-13-15-17-19-21-23-25-27-29-32-36-40-44-48-52-58(63)57(56-62)61-59(64)53-49-45-41-37-33-31-35-39-43-47-51-55-66-60(65)54-50-46-42-38-34-30-28-26-24-22-20-18-16-14-12-10-8-6-4-2/h57-58,62-63H,3-56H2,1-2H3,(H,61,64). The van der Waals surface area contributed by atoms with E-state index in [9.17, 15) is 19.8 Å². The monoisotopic (exact) mass is 934 g/mol. The number of carbonyl (C=O) groups is 2. The van der Waals surface area contributed by atoms with Gasteiger partial charge in [-0.2, -0.15) is 0 Å². The van der Waals surface area contributed by atoms with Gasteiger partial charge in [-0.15, -0.1) is 0 Å². The second kappa shape index (κ2) is 56.4. The zero-order chi connectivity index (χ0) is 47.9. The van der Waals surface area contributed by atoms with Gasteiger partial charge in [0.1, 0.15) is 0 Å². The number of aliphatic hydroxyl groups is 2. The Bertz CT molecular complexity index is 944. The van der Waals surface area contributed by atoms with Crippen molar-refractivity contribution >= 4 is 11.9 Å². The van der Waals surface area contributed by atoms with E-state index in [0.717, 1.165) is 57.8 Å². The van der Waals surface area contributed by atoms with E-state index in [1.54, 1.807) is 0 Å². The van der Waals surface area contributed by atoms with Crippen LogP contribution in [0.5, 0.6) is 0 Å². The summed E-state index contributed by atoms with van der Waals surface area (Å²) in [7, 11) is 0. The first-order valence-corrected chi connectivity index (χ1v) is 30.3. The summed E-state index contributed by atoms with van der Waals surface area (Å²) in [6, 6.07) is -0.554. The molecule has 6 nitrogen and oxygen atoms in total. The van der Waals surface area contributed by atoms with Crippen molar-refractivity contribution in [3.05, 3.63) is 0 Å². The lowest BCUT2D eigenvalue weighted by atomic mass is 10.0. The summed E-state index contributed by atoms with van der Waals surface area (Å²) in [5.41, 5.74) is 0. The first kappa shape index (κ1) is 64.9. The molecule has 0 aliphatic carbocycles. The van der Waals surface area contributed by atoms with Crippen molar-refractivity contribution in [2.24, 2.45) is 0 Å². The van der Waals surface area contributed by atoms with Crippen LogP contribution >= 0.6 is 0 Å². The van der Waals surface area contributed by atoms with E-state index in [0.29, 0.717) is 25.9 Å². The van der Waals surface area contributed by atoms with Crippen molar-refractivity contribution in [1.29, 1.82) is 0 Å². The third kappa shape index (κ3) is 52.2. The zero-order valence-electron chi connectivity index (χ0n) is 45.0. The van der Waals surface area contributed by atoms with Crippen molar-refractivity contribution < 1.29 is 24.5 Å². The molecule has 0 saturated heterocycles. The Morgan fingerprint density at radius 2 is 0.621 bits per heavy atom. The lowest BCUT2D eigenvalue weighted by molar-refractivity contribution is -0.143. The Hall–Kier alpha value is -1.14. The van der Waals surface area contributed by atoms with Crippen molar-refractivity contribution in [2.75, 3.05) is 13.2 Å². The Labute approximate surface area is 413 Å². The molecule has 2 unspecified atom stereocenters. The number of unbranched alkanes of at least 4 members (excludes halogenated alkanes) is 46. The van der Waals surface area contributed by atoms with E-state index in [4.69, 9.17) is 4.74 Å². The van der Waals surface area contributed by atoms with Gasteiger partial charge in [0.2, 0.25) is 5.91 Å². The van der Waals surface area contributed by atoms with Gasteiger partial charge in [-0.25, -0.2) is 0 Å². The van der Waals surface area contributed by atoms with Crippen molar-refractivity contribution in [3.63, 3.8) is 0 Å². The molecule has 0 saturated carbocycles. The highest BCUT2D eigenvalue weighted by Gasteiger charge is 2.20. The normalized spacial score (nSPS) is 12.5. The molecule has 3 N–H and O–H groups in total. The number of carbonyl (C=O) groups excluding carboxylic acids is 2. The molecule has 1 amide bonds. The number of rotatable bonds is 57. The van der Waals surface area contributed by atoms with Crippen LogP contribution in [0, 0.1) is 0 Å². The van der Waals surface area contributed by atoms with Crippen molar-refractivity contribution in [1.82, 2.24) is 5.32 Å². The van der Waals surface area contributed by atoms with Crippen LogP contribution in [-0.2, 0) is 14.3 Å². The number of esters is 1. The summed E-state index contributed by atoms with van der Waals surface area (Å²) in [4.78, 5) is 24.6. The minimum Gasteiger partial charge on any atom is -0.466 e. The van der Waals surface area contributed by atoms with Crippen LogP contribution in [0.2, 0.25) is 0 Å². The van der Waals surface area contributed by atoms with Gasteiger partial charge < -0.3 is 20.3 Å². The van der Waals surface area contributed by atoms with Gasteiger partial charge in [-0.3, -0.25) is 9.59 Å². The topological polar surface area (TPSA) is 95.9 Å². The SMILES string of the molecule is CCCCCCCCCCCCCCCCCCCCCC(=O)OCCCCCCCCCCCCCC(=O)NC(CO)C(O)CCCCCCCCCCCCCCCCCCCCC. The molecule has 0 spiro atoms. The van der Waals surface area contributed by atoms with Crippen LogP contribution in [0.3, 0.4) is 0 Å². The molecule has 0 fully saturated rings. The van der Waals surface area contributed by atoms with Gasteiger partial charge >= 0.3 is 5.97 Å². The Kier molecular flexibility index (Phi) is 55.5. The smallest absolute Gasteiger partial charge is 0.305 e. The minimum absolute atomic E-state index is 0.00735. The second-order valence-corrected chi connectivity index (χ2v) is 21.1. The number of amides is 1. The third-order valence-electron chi connectivity index (χ3n) is 14.4. The lowest BCUT2D eigenvalue weighted by Crippen LogP contribution is -2.45. The maximum Gasteiger partial charge on any atom is 0.305 e. The highest BCUT2D eigenvalue weighted by Crippen LogP contribution is 2.18. The summed E-state index contributed by atoms with van der Waals surface area (Å²) in [6.07, 6.45) is 65.2. The van der Waals surface area contributed by atoms with Crippen LogP contribution < -0.4 is 5.32 Å². The predicted octanol–water partition coefficient (Wildman–Crippen LogP) is 18.7. The van der Waals surface area contributed by atoms with Gasteiger partial charge in [0.15, 0.2) is 0 Å². The van der Waals surface area contributed by atoms with Gasteiger partial charge in [0.05, 0.1) is 25.4 Å². The number of aliphatic hydroxyl groups excluding tert-OH is 2. The molecule has 0 aromatic carbocycles. The van der Waals surface area contributed by atoms with E-state index >= 15 is 0 Å². The molecule has 394 valence electrons. The molecule has 0 aromatic rings. The average Bonchev–Trinajstić information content (AvgIpc) is 3.32. The summed E-state index contributed by atoms with van der Waals surface area (Å²) in [5.74, 6) is -0.0565. The Balaban J connectivity index is 3.42. The molecule has 2 atom stereocenters. The quantitative estimate of drug-likeness (QED) is 0.0417. The van der Waals surface area contributed by atoms with E-state index in [2.05, 4.69) is 19.2 Å². The largest absolute Gasteiger partial charge is 0.466 e. The van der Waals surface area contributed by atoms with Crippen molar-refractivity contribution in [2.45, 2.75) is 360 Å². The molecule has 0 rings (SSSR count). The van der Waals surface area contributed by atoms with Gasteiger partial charge in [-0.05, 0) is 25.7 Å². The maximum atomic E-state index is 12.5. The fourth-order valence-electron chi connectivity index (χ4n) is 9.76. The molecule has 0 aliphatic rings. The summed E-state index contributed by atoms with van der Waals surface area (Å²) < 4.78 is 5.49. The summed E-state index contributed by atoms with van der Waals surface area (Å²) in [6.45, 7) is 4.95. The second-order valence-electron chi connectivity index (χ2n) is 21.1. The average molecular weight is 935 g/mol. The van der Waals surface area contributed by atoms with E-state index in [1.165, 1.54) is 257 Å². The van der Waals surface area contributed by atoms with Gasteiger partial charge in [0, 0.05) is 12.8 Å². The fourth-order valence-corrected chi connectivity index (χ4v) is 9.76. The first-order chi connectivity index (χ1) is 32.5. The van der Waals surface area contributed by atoms with Crippen LogP contribution in [0.25, 0.3) is 0 Å². The summed E-state index contributed by atoms with van der Waals surface area (Å²) in [5, 5.41) is 23.3. The fraction of sp³-hybridized carbons (Fsp3) is 0.967.